The zero-order chi connectivity index (χ0) is 10.8. The molecule has 0 unspecified atom stereocenters. The minimum Gasteiger partial charge on any atom is -0.481 e. The second-order valence-electron chi connectivity index (χ2n) is 4.75. The maximum absolute atomic E-state index is 10.9. The largest absolute Gasteiger partial charge is 0.481 e. The van der Waals surface area contributed by atoms with Gasteiger partial charge in [0.1, 0.15) is 0 Å². The van der Waals surface area contributed by atoms with Crippen molar-refractivity contribution in [2.75, 3.05) is 20.1 Å². The van der Waals surface area contributed by atoms with Crippen LogP contribution in [0.4, 0.5) is 0 Å². The third kappa shape index (κ3) is 2.84. The van der Waals surface area contributed by atoms with Gasteiger partial charge in [-0.15, -0.1) is 0 Å². The summed E-state index contributed by atoms with van der Waals surface area (Å²) in [7, 11) is 2.07. The number of aliphatic carboxylic acids is 1. The Bertz CT molecular complexity index is 256. The highest BCUT2D eigenvalue weighted by molar-refractivity contribution is 5.74. The van der Waals surface area contributed by atoms with E-state index in [4.69, 9.17) is 5.11 Å². The molecule has 0 amide bonds. The Morgan fingerprint density at radius 3 is 2.79 bits per heavy atom. The Morgan fingerprint density at radius 1 is 1.64 bits per heavy atom. The van der Waals surface area contributed by atoms with E-state index < -0.39 is 11.4 Å². The molecule has 1 aliphatic rings. The number of hydrogen-bond donors (Lipinski definition) is 1. The van der Waals surface area contributed by atoms with Crippen LogP contribution in [0.5, 0.6) is 0 Å². The molecule has 1 heterocycles. The molecule has 3 heteroatoms. The number of carboxylic acids is 1. The average Bonchev–Trinajstić information content (AvgIpc) is 2.02. The minimum atomic E-state index is -0.716. The predicted octanol–water partition coefficient (Wildman–Crippen LogP) is 1.75. The van der Waals surface area contributed by atoms with E-state index in [0.29, 0.717) is 6.42 Å². The van der Waals surface area contributed by atoms with Gasteiger partial charge < -0.3 is 10.0 Å². The Morgan fingerprint density at radius 2 is 2.29 bits per heavy atom. The lowest BCUT2D eigenvalue weighted by Gasteiger charge is -2.27. The summed E-state index contributed by atoms with van der Waals surface area (Å²) in [6.45, 7) is 5.56. The molecule has 0 aromatic carbocycles. The number of carbonyl (C=O) groups is 1. The van der Waals surface area contributed by atoms with Crippen LogP contribution in [0.25, 0.3) is 0 Å². The molecule has 1 N–H and O–H groups in total. The van der Waals surface area contributed by atoms with E-state index in [0.717, 1.165) is 19.5 Å². The van der Waals surface area contributed by atoms with E-state index in [1.54, 1.807) is 13.8 Å². The van der Waals surface area contributed by atoms with E-state index in [-0.39, 0.29) is 0 Å². The van der Waals surface area contributed by atoms with Crippen molar-refractivity contribution in [2.24, 2.45) is 5.41 Å². The van der Waals surface area contributed by atoms with E-state index in [9.17, 15) is 4.79 Å². The fourth-order valence-electron chi connectivity index (χ4n) is 1.75. The standard InChI is InChI=1S/C11H19NO2/c1-11(2,10(13)14)7-9-5-4-6-12(3)8-9/h5H,4,6-8H2,1-3H3,(H,13,14). The lowest BCUT2D eigenvalue weighted by molar-refractivity contribution is -0.146. The Balaban J connectivity index is 2.60. The van der Waals surface area contributed by atoms with Crippen LogP contribution in [0.1, 0.15) is 26.7 Å². The lowest BCUT2D eigenvalue weighted by atomic mass is 9.84. The van der Waals surface area contributed by atoms with E-state index in [2.05, 4.69) is 18.0 Å². The van der Waals surface area contributed by atoms with Gasteiger partial charge in [0.25, 0.3) is 0 Å². The van der Waals surface area contributed by atoms with Crippen LogP contribution < -0.4 is 0 Å². The van der Waals surface area contributed by atoms with Crippen molar-refractivity contribution in [2.45, 2.75) is 26.7 Å². The summed E-state index contributed by atoms with van der Waals surface area (Å²) in [6, 6.07) is 0. The maximum Gasteiger partial charge on any atom is 0.309 e. The SMILES string of the molecule is CN1CCC=C(CC(C)(C)C(=O)O)C1. The van der Waals surface area contributed by atoms with Crippen LogP contribution in [0.2, 0.25) is 0 Å². The first-order valence-electron chi connectivity index (χ1n) is 5.01. The van der Waals surface area contributed by atoms with Gasteiger partial charge in [0, 0.05) is 13.1 Å². The number of rotatable bonds is 3. The summed E-state index contributed by atoms with van der Waals surface area (Å²) in [5.41, 5.74) is 0.621. The highest BCUT2D eigenvalue weighted by Crippen LogP contribution is 2.27. The molecule has 80 valence electrons. The molecule has 0 radical (unpaired) electrons. The van der Waals surface area contributed by atoms with E-state index in [1.165, 1.54) is 5.57 Å². The molecule has 0 aliphatic carbocycles. The van der Waals surface area contributed by atoms with Crippen LogP contribution in [0, 0.1) is 5.41 Å². The van der Waals surface area contributed by atoms with Crippen molar-refractivity contribution in [3.8, 4) is 0 Å². The molecule has 0 saturated heterocycles. The fourth-order valence-corrected chi connectivity index (χ4v) is 1.75. The molecule has 1 rings (SSSR count). The summed E-state index contributed by atoms with van der Waals surface area (Å²) in [6.07, 6.45) is 3.89. The van der Waals surface area contributed by atoms with Crippen molar-refractivity contribution in [1.29, 1.82) is 0 Å². The first-order chi connectivity index (χ1) is 6.42. The third-order valence-corrected chi connectivity index (χ3v) is 2.66. The van der Waals surface area contributed by atoms with Gasteiger partial charge in [-0.05, 0) is 33.7 Å². The van der Waals surface area contributed by atoms with Crippen LogP contribution in [-0.4, -0.2) is 36.1 Å². The van der Waals surface area contributed by atoms with Crippen molar-refractivity contribution in [3.63, 3.8) is 0 Å². The quantitative estimate of drug-likeness (QED) is 0.701. The van der Waals surface area contributed by atoms with Crippen LogP contribution in [0.3, 0.4) is 0 Å². The van der Waals surface area contributed by atoms with Gasteiger partial charge in [-0.25, -0.2) is 0 Å². The van der Waals surface area contributed by atoms with Crippen molar-refractivity contribution >= 4 is 5.97 Å². The lowest BCUT2D eigenvalue weighted by Crippen LogP contribution is -2.30. The summed E-state index contributed by atoms with van der Waals surface area (Å²) < 4.78 is 0. The van der Waals surface area contributed by atoms with Crippen molar-refractivity contribution < 1.29 is 9.90 Å². The second kappa shape index (κ2) is 4.13. The zero-order valence-electron chi connectivity index (χ0n) is 9.21. The van der Waals surface area contributed by atoms with Gasteiger partial charge in [-0.1, -0.05) is 11.6 Å². The molecule has 14 heavy (non-hydrogen) atoms. The average molecular weight is 197 g/mol. The normalized spacial score (nSPS) is 19.2. The fraction of sp³-hybridized carbons (Fsp3) is 0.727. The molecule has 3 nitrogen and oxygen atoms in total. The monoisotopic (exact) mass is 197 g/mol. The maximum atomic E-state index is 10.9. The Kier molecular flexibility index (Phi) is 3.32. The highest BCUT2D eigenvalue weighted by Gasteiger charge is 2.28. The first kappa shape index (κ1) is 11.2. The summed E-state index contributed by atoms with van der Waals surface area (Å²) in [5.74, 6) is -0.716. The summed E-state index contributed by atoms with van der Waals surface area (Å²) in [4.78, 5) is 13.2. The highest BCUT2D eigenvalue weighted by atomic mass is 16.4. The van der Waals surface area contributed by atoms with Gasteiger partial charge in [0.15, 0.2) is 0 Å². The Hall–Kier alpha value is -0.830. The summed E-state index contributed by atoms with van der Waals surface area (Å²) >= 11 is 0. The number of carboxylic acid groups (broad SMARTS) is 1. The molecule has 0 spiro atoms. The molecule has 0 fully saturated rings. The zero-order valence-corrected chi connectivity index (χ0v) is 9.21. The third-order valence-electron chi connectivity index (χ3n) is 2.66. The molecule has 0 saturated carbocycles. The van der Waals surface area contributed by atoms with Gasteiger partial charge in [0.05, 0.1) is 5.41 Å². The van der Waals surface area contributed by atoms with Gasteiger partial charge in [-0.2, -0.15) is 0 Å². The van der Waals surface area contributed by atoms with Crippen molar-refractivity contribution in [3.05, 3.63) is 11.6 Å². The smallest absolute Gasteiger partial charge is 0.309 e. The van der Waals surface area contributed by atoms with E-state index in [1.807, 2.05) is 0 Å². The first-order valence-corrected chi connectivity index (χ1v) is 5.01. The van der Waals surface area contributed by atoms with Crippen molar-refractivity contribution in [1.82, 2.24) is 4.90 Å². The van der Waals surface area contributed by atoms with Crippen LogP contribution in [-0.2, 0) is 4.79 Å². The van der Waals surface area contributed by atoms with Crippen LogP contribution in [0.15, 0.2) is 11.6 Å². The summed E-state index contributed by atoms with van der Waals surface area (Å²) in [5, 5.41) is 9.00. The van der Waals surface area contributed by atoms with E-state index >= 15 is 0 Å². The van der Waals surface area contributed by atoms with Gasteiger partial charge in [-0.3, -0.25) is 4.79 Å². The number of nitrogens with zero attached hydrogens (tertiary/aromatic N) is 1. The second-order valence-corrected chi connectivity index (χ2v) is 4.75. The molecule has 0 aromatic heterocycles. The molecule has 0 aromatic rings. The molecule has 0 bridgehead atoms. The molecular weight excluding hydrogens is 178 g/mol. The number of likely N-dealkylation sites (N-methyl/N-ethyl adjacent to an activating group) is 1. The van der Waals surface area contributed by atoms with Crippen LogP contribution >= 0.6 is 0 Å². The predicted molar refractivity (Wildman–Crippen MR) is 56.2 cm³/mol. The van der Waals surface area contributed by atoms with Gasteiger partial charge >= 0.3 is 5.97 Å². The Labute approximate surface area is 85.4 Å². The van der Waals surface area contributed by atoms with Gasteiger partial charge in [0.2, 0.25) is 0 Å². The molecular formula is C11H19NO2. The molecule has 0 atom stereocenters. The number of hydrogen-bond acceptors (Lipinski definition) is 2. The topological polar surface area (TPSA) is 40.5 Å². The minimum absolute atomic E-state index is 0.635. The molecule has 1 aliphatic heterocycles.